The fourth-order valence-corrected chi connectivity index (χ4v) is 0.944. The summed E-state index contributed by atoms with van der Waals surface area (Å²) in [5.41, 5.74) is -0.542. The standard InChI is InChI=1S/C11H20N2O4/c1-11(2,3)10(17)12-7-8(14)13(4)6-5-9(15)16/h5-7H2,1-4H3,(H,12,17)(H,15,16). The van der Waals surface area contributed by atoms with Crippen LogP contribution in [0.25, 0.3) is 0 Å². The molecule has 2 amide bonds. The Morgan fingerprint density at radius 2 is 1.76 bits per heavy atom. The van der Waals surface area contributed by atoms with Gasteiger partial charge in [0, 0.05) is 19.0 Å². The maximum Gasteiger partial charge on any atom is 0.305 e. The van der Waals surface area contributed by atoms with Gasteiger partial charge in [-0.3, -0.25) is 14.4 Å². The molecule has 2 N–H and O–H groups in total. The van der Waals surface area contributed by atoms with Crippen LogP contribution in [0.1, 0.15) is 27.2 Å². The summed E-state index contributed by atoms with van der Waals surface area (Å²) in [4.78, 5) is 34.6. The normalized spacial score (nSPS) is 10.8. The van der Waals surface area contributed by atoms with Crippen molar-refractivity contribution in [1.29, 1.82) is 0 Å². The number of hydrogen-bond acceptors (Lipinski definition) is 3. The van der Waals surface area contributed by atoms with E-state index in [2.05, 4.69) is 5.32 Å². The van der Waals surface area contributed by atoms with E-state index in [9.17, 15) is 14.4 Å². The largest absolute Gasteiger partial charge is 0.481 e. The zero-order valence-corrected chi connectivity index (χ0v) is 10.7. The second-order valence-corrected chi connectivity index (χ2v) is 4.89. The lowest BCUT2D eigenvalue weighted by atomic mass is 9.96. The smallest absolute Gasteiger partial charge is 0.305 e. The molecule has 0 spiro atoms. The predicted octanol–water partition coefficient (Wildman–Crippen LogP) is 0.0818. The Balaban J connectivity index is 4.02. The van der Waals surface area contributed by atoms with Crippen LogP contribution in [-0.2, 0) is 14.4 Å². The van der Waals surface area contributed by atoms with Crippen LogP contribution in [0.2, 0.25) is 0 Å². The molecule has 0 aromatic rings. The topological polar surface area (TPSA) is 86.7 Å². The van der Waals surface area contributed by atoms with Gasteiger partial charge in [-0.2, -0.15) is 0 Å². The molecule has 0 heterocycles. The number of carboxylic acids is 1. The Hall–Kier alpha value is -1.59. The number of carbonyl (C=O) groups excluding carboxylic acids is 2. The van der Waals surface area contributed by atoms with Crippen LogP contribution in [-0.4, -0.2) is 47.9 Å². The van der Waals surface area contributed by atoms with E-state index in [1.807, 2.05) is 0 Å². The molecule has 0 rings (SSSR count). The van der Waals surface area contributed by atoms with Gasteiger partial charge in [0.05, 0.1) is 13.0 Å². The maximum absolute atomic E-state index is 11.5. The minimum Gasteiger partial charge on any atom is -0.481 e. The van der Waals surface area contributed by atoms with E-state index >= 15 is 0 Å². The molecule has 0 aromatic heterocycles. The van der Waals surface area contributed by atoms with Crippen LogP contribution in [0, 0.1) is 5.41 Å². The van der Waals surface area contributed by atoms with Gasteiger partial charge < -0.3 is 15.3 Å². The lowest BCUT2D eigenvalue weighted by molar-refractivity contribution is -0.139. The summed E-state index contributed by atoms with van der Waals surface area (Å²) < 4.78 is 0. The van der Waals surface area contributed by atoms with Crippen molar-refractivity contribution in [3.8, 4) is 0 Å². The zero-order chi connectivity index (χ0) is 13.6. The highest BCUT2D eigenvalue weighted by Gasteiger charge is 2.22. The first kappa shape index (κ1) is 15.4. The molecule has 0 aliphatic rings. The number of amides is 2. The van der Waals surface area contributed by atoms with Gasteiger partial charge in [0.25, 0.3) is 0 Å². The monoisotopic (exact) mass is 244 g/mol. The summed E-state index contributed by atoms with van der Waals surface area (Å²) >= 11 is 0. The van der Waals surface area contributed by atoms with E-state index in [-0.39, 0.29) is 31.3 Å². The van der Waals surface area contributed by atoms with Crippen molar-refractivity contribution < 1.29 is 19.5 Å². The van der Waals surface area contributed by atoms with E-state index in [0.29, 0.717) is 0 Å². The number of hydrogen-bond donors (Lipinski definition) is 2. The minimum absolute atomic E-state index is 0.102. The summed E-state index contributed by atoms with van der Waals surface area (Å²) in [7, 11) is 1.51. The molecule has 6 nitrogen and oxygen atoms in total. The average molecular weight is 244 g/mol. The van der Waals surface area contributed by atoms with Gasteiger partial charge in [-0.1, -0.05) is 20.8 Å². The predicted molar refractivity (Wildman–Crippen MR) is 62.4 cm³/mol. The van der Waals surface area contributed by atoms with Crippen molar-refractivity contribution in [3.63, 3.8) is 0 Å². The van der Waals surface area contributed by atoms with Crippen molar-refractivity contribution in [2.75, 3.05) is 20.1 Å². The molecule has 98 valence electrons. The zero-order valence-electron chi connectivity index (χ0n) is 10.7. The number of nitrogens with one attached hydrogen (secondary N) is 1. The highest BCUT2D eigenvalue weighted by atomic mass is 16.4. The Bertz CT molecular complexity index is 307. The highest BCUT2D eigenvalue weighted by molar-refractivity contribution is 5.87. The van der Waals surface area contributed by atoms with Crippen LogP contribution < -0.4 is 5.32 Å². The highest BCUT2D eigenvalue weighted by Crippen LogP contribution is 2.11. The number of carboxylic acid groups (broad SMARTS) is 1. The van der Waals surface area contributed by atoms with Gasteiger partial charge in [-0.05, 0) is 0 Å². The average Bonchev–Trinajstić information content (AvgIpc) is 2.20. The number of nitrogens with zero attached hydrogens (tertiary/aromatic N) is 1. The number of aliphatic carboxylic acids is 1. The maximum atomic E-state index is 11.5. The molecule has 0 atom stereocenters. The van der Waals surface area contributed by atoms with Crippen molar-refractivity contribution in [3.05, 3.63) is 0 Å². The Morgan fingerprint density at radius 3 is 2.18 bits per heavy atom. The molecule has 0 bridgehead atoms. The second-order valence-electron chi connectivity index (χ2n) is 4.89. The molecular formula is C11H20N2O4. The molecule has 6 heteroatoms. The summed E-state index contributed by atoms with van der Waals surface area (Å²) in [6.07, 6.45) is -0.102. The molecular weight excluding hydrogens is 224 g/mol. The first-order chi connectivity index (χ1) is 7.64. The Morgan fingerprint density at radius 1 is 1.24 bits per heavy atom. The second kappa shape index (κ2) is 6.22. The van der Waals surface area contributed by atoms with Crippen molar-refractivity contribution in [2.24, 2.45) is 5.41 Å². The fraction of sp³-hybridized carbons (Fsp3) is 0.727. The van der Waals surface area contributed by atoms with Crippen LogP contribution in [0.3, 0.4) is 0 Å². The van der Waals surface area contributed by atoms with E-state index in [0.717, 1.165) is 0 Å². The Labute approximate surface area is 101 Å². The van der Waals surface area contributed by atoms with E-state index < -0.39 is 11.4 Å². The lowest BCUT2D eigenvalue weighted by Gasteiger charge is -2.20. The molecule has 0 aliphatic heterocycles. The summed E-state index contributed by atoms with van der Waals surface area (Å²) in [5.74, 6) is -1.47. The molecule has 0 aliphatic carbocycles. The summed E-state index contributed by atoms with van der Waals surface area (Å²) in [6.45, 7) is 5.29. The van der Waals surface area contributed by atoms with E-state index in [1.165, 1.54) is 11.9 Å². The lowest BCUT2D eigenvalue weighted by Crippen LogP contribution is -2.42. The van der Waals surface area contributed by atoms with Gasteiger partial charge in [0.15, 0.2) is 0 Å². The number of carbonyl (C=O) groups is 3. The van der Waals surface area contributed by atoms with Gasteiger partial charge >= 0.3 is 5.97 Å². The Kier molecular flexibility index (Phi) is 5.64. The van der Waals surface area contributed by atoms with E-state index in [4.69, 9.17) is 5.11 Å². The molecule has 0 unspecified atom stereocenters. The van der Waals surface area contributed by atoms with Gasteiger partial charge in [0.2, 0.25) is 11.8 Å². The van der Waals surface area contributed by atoms with Crippen LogP contribution in [0.5, 0.6) is 0 Å². The first-order valence-corrected chi connectivity index (χ1v) is 5.38. The molecule has 0 aromatic carbocycles. The SMILES string of the molecule is CN(CCC(=O)O)C(=O)CNC(=O)C(C)(C)C. The van der Waals surface area contributed by atoms with Crippen LogP contribution in [0.4, 0.5) is 0 Å². The number of likely N-dealkylation sites (N-methyl/N-ethyl adjacent to an activating group) is 1. The fourth-order valence-electron chi connectivity index (χ4n) is 0.944. The van der Waals surface area contributed by atoms with Gasteiger partial charge in [-0.15, -0.1) is 0 Å². The third kappa shape index (κ3) is 6.55. The quantitative estimate of drug-likeness (QED) is 0.717. The molecule has 0 radical (unpaired) electrons. The van der Waals surface area contributed by atoms with Crippen molar-refractivity contribution in [1.82, 2.24) is 10.2 Å². The van der Waals surface area contributed by atoms with E-state index in [1.54, 1.807) is 20.8 Å². The third-order valence-corrected chi connectivity index (χ3v) is 2.17. The van der Waals surface area contributed by atoms with Gasteiger partial charge in [0.1, 0.15) is 0 Å². The van der Waals surface area contributed by atoms with Crippen LogP contribution in [0.15, 0.2) is 0 Å². The van der Waals surface area contributed by atoms with Crippen molar-refractivity contribution in [2.45, 2.75) is 27.2 Å². The molecule has 0 saturated heterocycles. The summed E-state index contributed by atoms with van der Waals surface area (Å²) in [5, 5.41) is 11.0. The first-order valence-electron chi connectivity index (χ1n) is 5.38. The molecule has 0 saturated carbocycles. The van der Waals surface area contributed by atoms with Crippen LogP contribution >= 0.6 is 0 Å². The van der Waals surface area contributed by atoms with Crippen molar-refractivity contribution >= 4 is 17.8 Å². The molecule has 0 fully saturated rings. The third-order valence-electron chi connectivity index (χ3n) is 2.17. The molecule has 17 heavy (non-hydrogen) atoms. The number of rotatable bonds is 5. The van der Waals surface area contributed by atoms with Gasteiger partial charge in [-0.25, -0.2) is 0 Å². The summed E-state index contributed by atoms with van der Waals surface area (Å²) in [6, 6.07) is 0. The minimum atomic E-state index is -0.955.